The van der Waals surface area contributed by atoms with Crippen molar-refractivity contribution in [2.75, 3.05) is 0 Å². The summed E-state index contributed by atoms with van der Waals surface area (Å²) in [5, 5.41) is 12.4. The molecule has 0 aliphatic rings. The summed E-state index contributed by atoms with van der Waals surface area (Å²) in [6.07, 6.45) is -2.93. The van der Waals surface area contributed by atoms with E-state index in [4.69, 9.17) is 5.11 Å². The summed E-state index contributed by atoms with van der Waals surface area (Å²) in [7, 11) is 0. The Morgan fingerprint density at radius 3 is 2.53 bits per heavy atom. The molecule has 0 aliphatic carbocycles. The Labute approximate surface area is 113 Å². The molecule has 1 aromatic heterocycles. The van der Waals surface area contributed by atoms with Gasteiger partial charge >= 0.3 is 12.1 Å². The number of carboxylic acid groups (broad SMARTS) is 1. The topological polar surface area (TPSA) is 55.1 Å². The fourth-order valence-electron chi connectivity index (χ4n) is 1.43. The van der Waals surface area contributed by atoms with E-state index in [9.17, 15) is 18.0 Å². The summed E-state index contributed by atoms with van der Waals surface area (Å²) in [5.74, 6) is -1.12. The summed E-state index contributed by atoms with van der Waals surface area (Å²) in [6.45, 7) is 0. The van der Waals surface area contributed by atoms with Gasteiger partial charge in [-0.05, 0) is 34.1 Å². The van der Waals surface area contributed by atoms with Gasteiger partial charge in [-0.2, -0.15) is 18.3 Å². The first-order chi connectivity index (χ1) is 8.79. The van der Waals surface area contributed by atoms with Crippen molar-refractivity contribution in [2.24, 2.45) is 0 Å². The van der Waals surface area contributed by atoms with Gasteiger partial charge in [-0.25, -0.2) is 9.48 Å². The molecular formula is C11H6BrF3N2O2. The molecule has 1 aromatic carbocycles. The van der Waals surface area contributed by atoms with Gasteiger partial charge in [0.25, 0.3) is 0 Å². The third kappa shape index (κ3) is 2.78. The molecule has 1 N–H and O–H groups in total. The van der Waals surface area contributed by atoms with Crippen molar-refractivity contribution in [1.82, 2.24) is 9.78 Å². The van der Waals surface area contributed by atoms with E-state index in [0.717, 1.165) is 10.9 Å². The van der Waals surface area contributed by atoms with Crippen LogP contribution in [-0.2, 0) is 6.18 Å². The second-order valence-corrected chi connectivity index (χ2v) is 4.50. The highest BCUT2D eigenvalue weighted by atomic mass is 79.9. The standard InChI is InChI=1S/C11H6BrF3N2O2/c12-8-3-6(10(18)19)1-2-9(8)17-5-7(4-16-17)11(13,14)15/h1-5H,(H,18,19). The van der Waals surface area contributed by atoms with Gasteiger partial charge in [0.2, 0.25) is 0 Å². The molecule has 0 radical (unpaired) electrons. The van der Waals surface area contributed by atoms with E-state index in [0.29, 0.717) is 16.4 Å². The average Bonchev–Trinajstić information content (AvgIpc) is 2.77. The predicted octanol–water partition coefficient (Wildman–Crippen LogP) is 3.35. The number of rotatable bonds is 2. The minimum absolute atomic E-state index is 0.0267. The van der Waals surface area contributed by atoms with Gasteiger partial charge in [0, 0.05) is 10.7 Å². The first kappa shape index (κ1) is 13.6. The molecule has 100 valence electrons. The third-order valence-corrected chi connectivity index (χ3v) is 2.99. The van der Waals surface area contributed by atoms with Crippen LogP contribution in [0.3, 0.4) is 0 Å². The highest BCUT2D eigenvalue weighted by molar-refractivity contribution is 9.10. The lowest BCUT2D eigenvalue weighted by atomic mass is 10.2. The summed E-state index contributed by atoms with van der Waals surface area (Å²) in [5.41, 5.74) is -0.527. The molecule has 0 aliphatic heterocycles. The normalized spacial score (nSPS) is 11.6. The summed E-state index contributed by atoms with van der Waals surface area (Å²) in [4.78, 5) is 10.7. The first-order valence-corrected chi connectivity index (χ1v) is 5.73. The largest absolute Gasteiger partial charge is 0.478 e. The Kier molecular flexibility index (Phi) is 3.36. The van der Waals surface area contributed by atoms with E-state index in [1.165, 1.54) is 18.2 Å². The lowest BCUT2D eigenvalue weighted by Crippen LogP contribution is -2.03. The van der Waals surface area contributed by atoms with Gasteiger partial charge in [-0.15, -0.1) is 0 Å². The van der Waals surface area contributed by atoms with Crippen molar-refractivity contribution >= 4 is 21.9 Å². The Hall–Kier alpha value is -1.83. The van der Waals surface area contributed by atoms with Crippen molar-refractivity contribution in [3.05, 3.63) is 46.2 Å². The van der Waals surface area contributed by atoms with Crippen molar-refractivity contribution in [2.45, 2.75) is 6.18 Å². The second-order valence-electron chi connectivity index (χ2n) is 3.64. The number of alkyl halides is 3. The van der Waals surface area contributed by atoms with Crippen molar-refractivity contribution in [3.8, 4) is 5.69 Å². The summed E-state index contributed by atoms with van der Waals surface area (Å²) in [6, 6.07) is 3.96. The molecule has 4 nitrogen and oxygen atoms in total. The number of nitrogens with zero attached hydrogens (tertiary/aromatic N) is 2. The Morgan fingerprint density at radius 1 is 1.37 bits per heavy atom. The van der Waals surface area contributed by atoms with Crippen LogP contribution in [-0.4, -0.2) is 20.9 Å². The fraction of sp³-hybridized carbons (Fsp3) is 0.0909. The van der Waals surface area contributed by atoms with Crippen LogP contribution in [0.15, 0.2) is 35.1 Å². The van der Waals surface area contributed by atoms with E-state index < -0.39 is 17.7 Å². The van der Waals surface area contributed by atoms with E-state index in [1.807, 2.05) is 0 Å². The van der Waals surface area contributed by atoms with E-state index in [2.05, 4.69) is 21.0 Å². The Balaban J connectivity index is 2.43. The van der Waals surface area contributed by atoms with Gasteiger partial charge in [0.15, 0.2) is 0 Å². The molecule has 0 atom stereocenters. The van der Waals surface area contributed by atoms with Gasteiger partial charge in [-0.3, -0.25) is 0 Å². The maximum absolute atomic E-state index is 12.4. The van der Waals surface area contributed by atoms with Crippen molar-refractivity contribution in [1.29, 1.82) is 0 Å². The second kappa shape index (κ2) is 4.69. The highest BCUT2D eigenvalue weighted by Gasteiger charge is 2.32. The number of benzene rings is 1. The molecule has 2 aromatic rings. The molecule has 19 heavy (non-hydrogen) atoms. The summed E-state index contributed by atoms with van der Waals surface area (Å²) >= 11 is 3.11. The smallest absolute Gasteiger partial charge is 0.419 e. The molecule has 0 amide bonds. The lowest BCUT2D eigenvalue weighted by Gasteiger charge is -2.05. The molecular weight excluding hydrogens is 329 g/mol. The number of hydrogen-bond acceptors (Lipinski definition) is 2. The number of aromatic carboxylic acids is 1. The van der Waals surface area contributed by atoms with Gasteiger partial charge in [0.1, 0.15) is 0 Å². The molecule has 2 rings (SSSR count). The predicted molar refractivity (Wildman–Crippen MR) is 63.2 cm³/mol. The van der Waals surface area contributed by atoms with Crippen LogP contribution in [0.5, 0.6) is 0 Å². The molecule has 0 saturated carbocycles. The van der Waals surface area contributed by atoms with Crippen LogP contribution in [0.1, 0.15) is 15.9 Å². The monoisotopic (exact) mass is 334 g/mol. The van der Waals surface area contributed by atoms with E-state index in [-0.39, 0.29) is 5.56 Å². The molecule has 1 heterocycles. The Morgan fingerprint density at radius 2 is 2.05 bits per heavy atom. The van der Waals surface area contributed by atoms with E-state index >= 15 is 0 Å². The SMILES string of the molecule is O=C(O)c1ccc(-n2cc(C(F)(F)F)cn2)c(Br)c1. The van der Waals surface area contributed by atoms with Gasteiger partial charge in [-0.1, -0.05) is 0 Å². The molecule has 0 unspecified atom stereocenters. The molecule has 0 saturated heterocycles. The van der Waals surface area contributed by atoms with Crippen LogP contribution < -0.4 is 0 Å². The zero-order valence-corrected chi connectivity index (χ0v) is 10.7. The maximum Gasteiger partial charge on any atom is 0.419 e. The van der Waals surface area contributed by atoms with Crippen molar-refractivity contribution < 1.29 is 23.1 Å². The summed E-state index contributed by atoms with van der Waals surface area (Å²) < 4.78 is 38.7. The van der Waals surface area contributed by atoms with Crippen LogP contribution in [0.2, 0.25) is 0 Å². The molecule has 8 heteroatoms. The number of carboxylic acids is 1. The number of hydrogen-bond donors (Lipinski definition) is 1. The number of aromatic nitrogens is 2. The highest BCUT2D eigenvalue weighted by Crippen LogP contribution is 2.30. The number of halogens is 4. The van der Waals surface area contributed by atoms with E-state index in [1.54, 1.807) is 0 Å². The van der Waals surface area contributed by atoms with Gasteiger partial charge in [0.05, 0.1) is 23.0 Å². The zero-order valence-electron chi connectivity index (χ0n) is 9.15. The van der Waals surface area contributed by atoms with Crippen molar-refractivity contribution in [3.63, 3.8) is 0 Å². The molecule has 0 bridgehead atoms. The lowest BCUT2D eigenvalue weighted by molar-refractivity contribution is -0.137. The quantitative estimate of drug-likeness (QED) is 0.916. The molecule has 0 fully saturated rings. The van der Waals surface area contributed by atoms with Crippen LogP contribution in [0.4, 0.5) is 13.2 Å². The number of carbonyl (C=O) groups is 1. The van der Waals surface area contributed by atoms with Crippen LogP contribution >= 0.6 is 15.9 Å². The first-order valence-electron chi connectivity index (χ1n) is 4.94. The fourth-order valence-corrected chi connectivity index (χ4v) is 1.99. The van der Waals surface area contributed by atoms with Crippen LogP contribution in [0.25, 0.3) is 5.69 Å². The Bertz CT molecular complexity index is 637. The minimum Gasteiger partial charge on any atom is -0.478 e. The zero-order chi connectivity index (χ0) is 14.2. The molecule has 0 spiro atoms. The minimum atomic E-state index is -4.47. The maximum atomic E-state index is 12.4. The van der Waals surface area contributed by atoms with Crippen LogP contribution in [0, 0.1) is 0 Å². The van der Waals surface area contributed by atoms with Gasteiger partial charge < -0.3 is 5.11 Å². The third-order valence-electron chi connectivity index (χ3n) is 2.35. The average molecular weight is 335 g/mol.